The summed E-state index contributed by atoms with van der Waals surface area (Å²) in [5.74, 6) is 0. The van der Waals surface area contributed by atoms with Gasteiger partial charge in [-0.3, -0.25) is 9.13 Å². The molecule has 3 rings (SSSR count). The van der Waals surface area contributed by atoms with Crippen molar-refractivity contribution < 1.29 is 0 Å². The monoisotopic (exact) mass is 254 g/mol. The molecule has 0 atom stereocenters. The molecule has 2 heterocycles. The van der Waals surface area contributed by atoms with Crippen molar-refractivity contribution in [1.82, 2.24) is 9.13 Å². The first-order valence-electron chi connectivity index (χ1n) is 5.25. The molecule has 0 spiro atoms. The van der Waals surface area contributed by atoms with Crippen LogP contribution in [0.4, 0.5) is 0 Å². The highest BCUT2D eigenvalue weighted by molar-refractivity contribution is 7.16. The number of imidazole rings is 1. The summed E-state index contributed by atoms with van der Waals surface area (Å²) in [5, 5.41) is 0. The Morgan fingerprint density at radius 3 is 2.81 bits per heavy atom. The van der Waals surface area contributed by atoms with Crippen LogP contribution in [0, 0.1) is 0 Å². The van der Waals surface area contributed by atoms with Crippen LogP contribution in [0.2, 0.25) is 4.34 Å². The Morgan fingerprint density at radius 1 is 1.38 bits per heavy atom. The zero-order valence-electron chi connectivity index (χ0n) is 8.60. The molecule has 0 amide bonds. The minimum atomic E-state index is 0.0898. The van der Waals surface area contributed by atoms with Gasteiger partial charge in [0.25, 0.3) is 0 Å². The lowest BCUT2D eigenvalue weighted by atomic mass is 10.4. The Labute approximate surface area is 102 Å². The molecule has 84 valence electrons. The maximum atomic E-state index is 12.0. The van der Waals surface area contributed by atoms with Gasteiger partial charge in [0, 0.05) is 23.3 Å². The molecule has 1 aliphatic carbocycles. The van der Waals surface area contributed by atoms with Crippen LogP contribution in [-0.4, -0.2) is 9.13 Å². The number of nitrogens with zero attached hydrogens (tertiary/aromatic N) is 2. The lowest BCUT2D eigenvalue weighted by Crippen LogP contribution is -2.23. The van der Waals surface area contributed by atoms with Crippen LogP contribution in [0.1, 0.15) is 23.8 Å². The van der Waals surface area contributed by atoms with Crippen LogP contribution in [0.25, 0.3) is 0 Å². The summed E-state index contributed by atoms with van der Waals surface area (Å²) in [6.45, 7) is 0.621. The molecule has 0 bridgehead atoms. The maximum Gasteiger partial charge on any atom is 0.328 e. The molecule has 3 nitrogen and oxygen atoms in total. The third kappa shape index (κ3) is 1.83. The van der Waals surface area contributed by atoms with Crippen LogP contribution >= 0.6 is 22.9 Å². The van der Waals surface area contributed by atoms with E-state index in [2.05, 4.69) is 0 Å². The normalized spacial score (nSPS) is 15.6. The van der Waals surface area contributed by atoms with Crippen LogP contribution < -0.4 is 5.69 Å². The van der Waals surface area contributed by atoms with Crippen molar-refractivity contribution in [1.29, 1.82) is 0 Å². The zero-order chi connectivity index (χ0) is 11.1. The number of halogens is 1. The summed E-state index contributed by atoms with van der Waals surface area (Å²) in [5.41, 5.74) is 0.0898. The zero-order valence-corrected chi connectivity index (χ0v) is 10.2. The first-order valence-corrected chi connectivity index (χ1v) is 6.45. The smallest absolute Gasteiger partial charge is 0.296 e. The number of rotatable bonds is 3. The predicted molar refractivity (Wildman–Crippen MR) is 65.4 cm³/mol. The van der Waals surface area contributed by atoms with E-state index in [4.69, 9.17) is 11.6 Å². The minimum Gasteiger partial charge on any atom is -0.296 e. The van der Waals surface area contributed by atoms with Gasteiger partial charge >= 0.3 is 5.69 Å². The molecule has 1 saturated carbocycles. The minimum absolute atomic E-state index is 0.0898. The largest absolute Gasteiger partial charge is 0.328 e. The second-order valence-corrected chi connectivity index (χ2v) is 5.85. The van der Waals surface area contributed by atoms with E-state index >= 15 is 0 Å². The fourth-order valence-corrected chi connectivity index (χ4v) is 2.87. The molecule has 0 aliphatic heterocycles. The number of hydrogen-bond donors (Lipinski definition) is 0. The van der Waals surface area contributed by atoms with Gasteiger partial charge in [0.1, 0.15) is 0 Å². The molecule has 0 radical (unpaired) electrons. The molecule has 2 aromatic heterocycles. The van der Waals surface area contributed by atoms with Gasteiger partial charge in [0.15, 0.2) is 0 Å². The molecule has 1 aliphatic rings. The van der Waals surface area contributed by atoms with E-state index in [-0.39, 0.29) is 5.69 Å². The lowest BCUT2D eigenvalue weighted by molar-refractivity contribution is 0.659. The van der Waals surface area contributed by atoms with E-state index in [0.717, 1.165) is 22.1 Å². The molecule has 1 fully saturated rings. The van der Waals surface area contributed by atoms with Crippen molar-refractivity contribution in [2.45, 2.75) is 25.4 Å². The second-order valence-electron chi connectivity index (χ2n) is 4.05. The highest BCUT2D eigenvalue weighted by Crippen LogP contribution is 2.33. The van der Waals surface area contributed by atoms with Crippen molar-refractivity contribution in [3.8, 4) is 0 Å². The highest BCUT2D eigenvalue weighted by atomic mass is 35.5. The summed E-state index contributed by atoms with van der Waals surface area (Å²) < 4.78 is 4.33. The molecular formula is C11H11ClN2OS. The molecule has 0 unspecified atom stereocenters. The molecule has 0 aromatic carbocycles. The van der Waals surface area contributed by atoms with E-state index in [9.17, 15) is 4.79 Å². The van der Waals surface area contributed by atoms with Crippen LogP contribution in [-0.2, 0) is 6.54 Å². The maximum absolute atomic E-state index is 12.0. The van der Waals surface area contributed by atoms with Crippen molar-refractivity contribution in [3.05, 3.63) is 44.2 Å². The summed E-state index contributed by atoms with van der Waals surface area (Å²) in [7, 11) is 0. The highest BCUT2D eigenvalue weighted by Gasteiger charge is 2.25. The Balaban J connectivity index is 1.87. The van der Waals surface area contributed by atoms with Gasteiger partial charge in [0.05, 0.1) is 10.9 Å². The van der Waals surface area contributed by atoms with Crippen molar-refractivity contribution in [2.24, 2.45) is 0 Å². The summed E-state index contributed by atoms with van der Waals surface area (Å²) in [6, 6.07) is 4.28. The Hall–Kier alpha value is -1.00. The van der Waals surface area contributed by atoms with Crippen molar-refractivity contribution >= 4 is 22.9 Å². The Kier molecular flexibility index (Phi) is 2.41. The molecule has 5 heteroatoms. The van der Waals surface area contributed by atoms with Crippen LogP contribution in [0.3, 0.4) is 0 Å². The first kappa shape index (κ1) is 10.2. The van der Waals surface area contributed by atoms with E-state index in [1.807, 2.05) is 29.1 Å². The van der Waals surface area contributed by atoms with Gasteiger partial charge in [-0.1, -0.05) is 11.6 Å². The van der Waals surface area contributed by atoms with E-state index in [1.165, 1.54) is 11.3 Å². The van der Waals surface area contributed by atoms with Crippen LogP contribution in [0.5, 0.6) is 0 Å². The van der Waals surface area contributed by atoms with Gasteiger partial charge < -0.3 is 0 Å². The van der Waals surface area contributed by atoms with E-state index < -0.39 is 0 Å². The predicted octanol–water partition coefficient (Wildman–Crippen LogP) is 2.75. The fourth-order valence-electron chi connectivity index (χ4n) is 1.78. The number of hydrogen-bond acceptors (Lipinski definition) is 2. The topological polar surface area (TPSA) is 26.9 Å². The van der Waals surface area contributed by atoms with Gasteiger partial charge in [0.2, 0.25) is 0 Å². The summed E-state index contributed by atoms with van der Waals surface area (Å²) >= 11 is 7.38. The standard InChI is InChI=1S/C11H11ClN2OS/c12-10-4-3-9(16-10)7-13-5-6-14(11(13)15)8-1-2-8/h3-6,8H,1-2,7H2. The van der Waals surface area contributed by atoms with E-state index in [0.29, 0.717) is 12.6 Å². The third-order valence-corrected chi connectivity index (χ3v) is 3.98. The van der Waals surface area contributed by atoms with Crippen molar-refractivity contribution in [3.63, 3.8) is 0 Å². The first-order chi connectivity index (χ1) is 7.74. The average Bonchev–Trinajstić information content (AvgIpc) is 2.93. The van der Waals surface area contributed by atoms with Gasteiger partial charge in [-0.05, 0) is 25.0 Å². The van der Waals surface area contributed by atoms with Gasteiger partial charge in [-0.25, -0.2) is 4.79 Å². The van der Waals surface area contributed by atoms with Crippen molar-refractivity contribution in [2.75, 3.05) is 0 Å². The van der Waals surface area contributed by atoms with Crippen LogP contribution in [0.15, 0.2) is 29.3 Å². The molecule has 2 aromatic rings. The molecule has 0 saturated heterocycles. The second kappa shape index (κ2) is 3.79. The quantitative estimate of drug-likeness (QED) is 0.827. The summed E-state index contributed by atoms with van der Waals surface area (Å²) in [6.07, 6.45) is 6.01. The third-order valence-electron chi connectivity index (χ3n) is 2.77. The Bertz CT molecular complexity index is 565. The molecule has 16 heavy (non-hydrogen) atoms. The average molecular weight is 255 g/mol. The fraction of sp³-hybridized carbons (Fsp3) is 0.364. The van der Waals surface area contributed by atoms with E-state index in [1.54, 1.807) is 4.57 Å². The molecule has 0 N–H and O–H groups in total. The number of aromatic nitrogens is 2. The molecular weight excluding hydrogens is 244 g/mol. The Morgan fingerprint density at radius 2 is 2.19 bits per heavy atom. The van der Waals surface area contributed by atoms with Gasteiger partial charge in [-0.2, -0.15) is 0 Å². The SMILES string of the molecule is O=c1n(Cc2ccc(Cl)s2)ccn1C1CC1. The van der Waals surface area contributed by atoms with Gasteiger partial charge in [-0.15, -0.1) is 11.3 Å². The number of thiophene rings is 1. The summed E-state index contributed by atoms with van der Waals surface area (Å²) in [4.78, 5) is 13.1. The lowest BCUT2D eigenvalue weighted by Gasteiger charge is -1.98.